The average molecular weight is 460 g/mol. The van der Waals surface area contributed by atoms with E-state index in [1.165, 1.54) is 4.57 Å². The fraction of sp³-hybridized carbons (Fsp3) is 0.192. The van der Waals surface area contributed by atoms with Gasteiger partial charge in [0.25, 0.3) is 5.56 Å². The molecule has 0 aliphatic carbocycles. The number of carbonyl (C=O) groups excluding carboxylic acids is 1. The van der Waals surface area contributed by atoms with Crippen molar-refractivity contribution < 1.29 is 9.53 Å². The average Bonchev–Trinajstić information content (AvgIpc) is 2.83. The van der Waals surface area contributed by atoms with E-state index in [0.717, 1.165) is 16.7 Å². The molecule has 0 unspecified atom stereocenters. The van der Waals surface area contributed by atoms with Gasteiger partial charge < -0.3 is 15.0 Å². The summed E-state index contributed by atoms with van der Waals surface area (Å²) >= 11 is 5.30. The highest BCUT2D eigenvalue weighted by molar-refractivity contribution is 7.71. The highest BCUT2D eigenvalue weighted by Crippen LogP contribution is 2.10. The molecule has 0 radical (unpaired) electrons. The molecule has 0 fully saturated rings. The van der Waals surface area contributed by atoms with E-state index in [1.54, 1.807) is 12.1 Å². The fourth-order valence-electron chi connectivity index (χ4n) is 3.59. The fourth-order valence-corrected chi connectivity index (χ4v) is 3.88. The number of nitrogens with one attached hydrogen (secondary N) is 2. The van der Waals surface area contributed by atoms with Crippen LogP contribution < -0.4 is 10.9 Å². The van der Waals surface area contributed by atoms with Gasteiger partial charge in [-0.3, -0.25) is 14.2 Å². The lowest BCUT2D eigenvalue weighted by Gasteiger charge is -2.10. The first kappa shape index (κ1) is 22.6. The van der Waals surface area contributed by atoms with Gasteiger partial charge >= 0.3 is 0 Å². The normalized spacial score (nSPS) is 10.9. The molecule has 7 heteroatoms. The number of hydrogen-bond acceptors (Lipinski definition) is 4. The number of amides is 1. The first-order valence-corrected chi connectivity index (χ1v) is 11.2. The first-order valence-electron chi connectivity index (χ1n) is 10.8. The van der Waals surface area contributed by atoms with E-state index in [1.807, 2.05) is 66.7 Å². The minimum atomic E-state index is -0.189. The number of H-pyrrole nitrogens is 1. The van der Waals surface area contributed by atoms with Crippen LogP contribution in [0.1, 0.15) is 23.1 Å². The lowest BCUT2D eigenvalue weighted by Crippen LogP contribution is -2.28. The number of carbonyl (C=O) groups is 1. The number of hydrogen-bond donors (Lipinski definition) is 2. The Kier molecular flexibility index (Phi) is 7.44. The minimum absolute atomic E-state index is 0.143. The van der Waals surface area contributed by atoms with Gasteiger partial charge in [0.05, 0.1) is 24.1 Å². The maximum atomic E-state index is 12.7. The van der Waals surface area contributed by atoms with Crippen molar-refractivity contribution in [3.8, 4) is 0 Å². The summed E-state index contributed by atoms with van der Waals surface area (Å²) in [4.78, 5) is 28.1. The third kappa shape index (κ3) is 6.03. The zero-order chi connectivity index (χ0) is 23.0. The summed E-state index contributed by atoms with van der Waals surface area (Å²) in [6.45, 7) is 1.68. The van der Waals surface area contributed by atoms with Crippen molar-refractivity contribution in [1.29, 1.82) is 0 Å². The molecule has 4 aromatic rings. The van der Waals surface area contributed by atoms with Crippen LogP contribution in [0.4, 0.5) is 0 Å². The molecule has 4 rings (SSSR count). The largest absolute Gasteiger partial charge is 0.372 e. The maximum absolute atomic E-state index is 12.7. The van der Waals surface area contributed by atoms with Gasteiger partial charge in [-0.05, 0) is 41.0 Å². The zero-order valence-electron chi connectivity index (χ0n) is 18.1. The van der Waals surface area contributed by atoms with Crippen LogP contribution in [0.5, 0.6) is 0 Å². The minimum Gasteiger partial charge on any atom is -0.372 e. The number of aromatic nitrogens is 2. The Morgan fingerprint density at radius 2 is 1.61 bits per heavy atom. The van der Waals surface area contributed by atoms with Crippen molar-refractivity contribution in [3.63, 3.8) is 0 Å². The summed E-state index contributed by atoms with van der Waals surface area (Å²) in [7, 11) is 0. The number of nitrogens with zero attached hydrogens (tertiary/aromatic N) is 1. The molecule has 0 saturated heterocycles. The summed E-state index contributed by atoms with van der Waals surface area (Å²) in [5, 5.41) is 3.47. The number of fused-ring (bicyclic) bond motifs is 1. The number of benzene rings is 3. The summed E-state index contributed by atoms with van der Waals surface area (Å²) in [5.74, 6) is -0.143. The molecule has 1 heterocycles. The smallest absolute Gasteiger partial charge is 0.262 e. The molecule has 0 saturated carbocycles. The van der Waals surface area contributed by atoms with E-state index >= 15 is 0 Å². The molecule has 0 spiro atoms. The Hall–Kier alpha value is -3.55. The molecule has 0 atom stereocenters. The molecule has 3 aromatic carbocycles. The molecule has 0 aliphatic heterocycles. The summed E-state index contributed by atoms with van der Waals surface area (Å²) in [6.07, 6.45) is 0.162. The Bertz CT molecular complexity index is 1360. The van der Waals surface area contributed by atoms with E-state index in [9.17, 15) is 9.59 Å². The van der Waals surface area contributed by atoms with Crippen molar-refractivity contribution in [3.05, 3.63) is 111 Å². The van der Waals surface area contributed by atoms with Gasteiger partial charge in [-0.15, -0.1) is 0 Å². The number of rotatable bonds is 9. The van der Waals surface area contributed by atoms with Crippen LogP contribution in [0.2, 0.25) is 0 Å². The van der Waals surface area contributed by atoms with Crippen LogP contribution in [0.3, 0.4) is 0 Å². The lowest BCUT2D eigenvalue weighted by atomic mass is 10.1. The Balaban J connectivity index is 1.29. The van der Waals surface area contributed by atoms with Gasteiger partial charge in [0.1, 0.15) is 0 Å². The van der Waals surface area contributed by atoms with Gasteiger partial charge in [0, 0.05) is 19.5 Å². The highest BCUT2D eigenvalue weighted by atomic mass is 32.1. The van der Waals surface area contributed by atoms with Crippen LogP contribution in [-0.2, 0) is 35.8 Å². The number of aromatic amines is 1. The second-order valence-corrected chi connectivity index (χ2v) is 8.14. The van der Waals surface area contributed by atoms with E-state index in [0.29, 0.717) is 35.4 Å². The molecule has 0 bridgehead atoms. The molecular formula is C26H25N3O3S. The van der Waals surface area contributed by atoms with Crippen molar-refractivity contribution in [2.75, 3.05) is 0 Å². The number of ether oxygens (including phenoxy) is 1. The van der Waals surface area contributed by atoms with Gasteiger partial charge in [-0.25, -0.2) is 0 Å². The van der Waals surface area contributed by atoms with Crippen LogP contribution in [-0.4, -0.2) is 15.5 Å². The SMILES string of the molecule is O=C(CCn1c(=S)[nH]c2ccccc2c1=O)NCc1cccc(COCc2ccccc2)c1. The Morgan fingerprint density at radius 1 is 0.909 bits per heavy atom. The number of para-hydroxylation sites is 1. The van der Waals surface area contributed by atoms with Crippen LogP contribution in [0.15, 0.2) is 83.7 Å². The van der Waals surface area contributed by atoms with E-state index in [4.69, 9.17) is 17.0 Å². The summed E-state index contributed by atoms with van der Waals surface area (Å²) in [6, 6.07) is 25.2. The Morgan fingerprint density at radius 3 is 2.45 bits per heavy atom. The van der Waals surface area contributed by atoms with Gasteiger partial charge in [0.15, 0.2) is 4.77 Å². The quantitative estimate of drug-likeness (QED) is 0.362. The van der Waals surface area contributed by atoms with E-state index in [-0.39, 0.29) is 24.4 Å². The predicted octanol–water partition coefficient (Wildman–Crippen LogP) is 4.48. The third-order valence-corrected chi connectivity index (χ3v) is 5.64. The molecule has 6 nitrogen and oxygen atoms in total. The highest BCUT2D eigenvalue weighted by Gasteiger charge is 2.08. The summed E-state index contributed by atoms with van der Waals surface area (Å²) < 4.78 is 7.54. The monoisotopic (exact) mass is 459 g/mol. The van der Waals surface area contributed by atoms with Crippen molar-refractivity contribution in [1.82, 2.24) is 14.9 Å². The standard InChI is InChI=1S/C26H25N3O3S/c30-24(13-14-29-25(31)22-11-4-5-12-23(22)28-26(29)33)27-16-20-9-6-10-21(15-20)18-32-17-19-7-2-1-3-8-19/h1-12,15H,13-14,16-18H2,(H,27,30)(H,28,33). The molecule has 168 valence electrons. The van der Waals surface area contributed by atoms with Crippen molar-refractivity contribution >= 4 is 29.0 Å². The van der Waals surface area contributed by atoms with E-state index < -0.39 is 0 Å². The topological polar surface area (TPSA) is 76.1 Å². The molecule has 2 N–H and O–H groups in total. The molecular weight excluding hydrogens is 434 g/mol. The summed E-state index contributed by atoms with van der Waals surface area (Å²) in [5.41, 5.74) is 3.67. The predicted molar refractivity (Wildman–Crippen MR) is 131 cm³/mol. The van der Waals surface area contributed by atoms with Crippen molar-refractivity contribution in [2.45, 2.75) is 32.7 Å². The zero-order valence-corrected chi connectivity index (χ0v) is 18.9. The molecule has 1 amide bonds. The van der Waals surface area contributed by atoms with Gasteiger partial charge in [-0.1, -0.05) is 66.7 Å². The molecule has 0 aliphatic rings. The van der Waals surface area contributed by atoms with Crippen LogP contribution in [0, 0.1) is 4.77 Å². The van der Waals surface area contributed by atoms with Gasteiger partial charge in [-0.2, -0.15) is 0 Å². The molecule has 1 aromatic heterocycles. The lowest BCUT2D eigenvalue weighted by molar-refractivity contribution is -0.121. The maximum Gasteiger partial charge on any atom is 0.262 e. The van der Waals surface area contributed by atoms with Crippen LogP contribution in [0.25, 0.3) is 10.9 Å². The van der Waals surface area contributed by atoms with Crippen LogP contribution >= 0.6 is 12.2 Å². The van der Waals surface area contributed by atoms with Gasteiger partial charge in [0.2, 0.25) is 5.91 Å². The third-order valence-electron chi connectivity index (χ3n) is 5.31. The Labute approximate surface area is 196 Å². The van der Waals surface area contributed by atoms with Crippen molar-refractivity contribution in [2.24, 2.45) is 0 Å². The molecule has 33 heavy (non-hydrogen) atoms. The second-order valence-electron chi connectivity index (χ2n) is 7.76. The second kappa shape index (κ2) is 10.8. The van der Waals surface area contributed by atoms with E-state index in [2.05, 4.69) is 10.3 Å². The first-order chi connectivity index (χ1) is 16.1.